The molecule has 0 atom stereocenters. The van der Waals surface area contributed by atoms with Gasteiger partial charge in [0.1, 0.15) is 0 Å². The number of hydrazine groups is 1. The van der Waals surface area contributed by atoms with E-state index in [0.717, 1.165) is 0 Å². The van der Waals surface area contributed by atoms with Crippen molar-refractivity contribution < 1.29 is 13.2 Å². The predicted molar refractivity (Wildman–Crippen MR) is 78.8 cm³/mol. The molecule has 5 heteroatoms. The van der Waals surface area contributed by atoms with E-state index < -0.39 is 12.1 Å². The maximum absolute atomic E-state index is 12.8. The van der Waals surface area contributed by atoms with E-state index >= 15 is 0 Å². The fourth-order valence-electron chi connectivity index (χ4n) is 3.94. The van der Waals surface area contributed by atoms with Crippen LogP contribution in [-0.2, 0) is 0 Å². The largest absolute Gasteiger partial charge is 0.391 e. The second-order valence-electron chi connectivity index (χ2n) is 7.58. The average molecular weight is 306 g/mol. The minimum atomic E-state index is -4.02. The third kappa shape index (κ3) is 4.35. The van der Waals surface area contributed by atoms with E-state index in [1.54, 1.807) is 0 Å². The van der Waals surface area contributed by atoms with Crippen molar-refractivity contribution in [3.63, 3.8) is 0 Å². The van der Waals surface area contributed by atoms with Gasteiger partial charge in [0.25, 0.3) is 0 Å². The summed E-state index contributed by atoms with van der Waals surface area (Å²) >= 11 is 0. The first-order valence-corrected chi connectivity index (χ1v) is 8.30. The van der Waals surface area contributed by atoms with Gasteiger partial charge in [-0.1, -0.05) is 19.3 Å². The zero-order valence-corrected chi connectivity index (χ0v) is 13.5. The molecule has 1 aliphatic heterocycles. The monoisotopic (exact) mass is 306 g/mol. The van der Waals surface area contributed by atoms with Gasteiger partial charge in [0.15, 0.2) is 0 Å². The van der Waals surface area contributed by atoms with Crippen LogP contribution in [0.25, 0.3) is 0 Å². The van der Waals surface area contributed by atoms with Crippen LogP contribution in [0.2, 0.25) is 0 Å². The number of hydrogen-bond acceptors (Lipinski definition) is 2. The average Bonchev–Trinajstić information content (AvgIpc) is 2.38. The molecule has 0 radical (unpaired) electrons. The predicted octanol–water partition coefficient (Wildman–Crippen LogP) is 4.61. The molecular formula is C16H29F3N2. The van der Waals surface area contributed by atoms with E-state index in [4.69, 9.17) is 0 Å². The van der Waals surface area contributed by atoms with E-state index in [-0.39, 0.29) is 18.4 Å². The molecule has 0 unspecified atom stereocenters. The Morgan fingerprint density at radius 2 is 1.38 bits per heavy atom. The van der Waals surface area contributed by atoms with Gasteiger partial charge in [-0.05, 0) is 46.5 Å². The van der Waals surface area contributed by atoms with Gasteiger partial charge in [-0.3, -0.25) is 0 Å². The molecule has 0 amide bonds. The maximum atomic E-state index is 12.8. The third-order valence-electron chi connectivity index (χ3n) is 4.85. The van der Waals surface area contributed by atoms with Crippen molar-refractivity contribution in [1.29, 1.82) is 0 Å². The molecule has 0 aromatic carbocycles. The summed E-state index contributed by atoms with van der Waals surface area (Å²) in [6, 6.07) is 0.501. The topological polar surface area (TPSA) is 6.48 Å². The van der Waals surface area contributed by atoms with Crippen molar-refractivity contribution >= 4 is 0 Å². The lowest BCUT2D eigenvalue weighted by Gasteiger charge is -2.51. The Hall–Kier alpha value is -0.290. The number of rotatable bonds is 2. The van der Waals surface area contributed by atoms with Gasteiger partial charge in [-0.15, -0.1) is 0 Å². The lowest BCUT2D eigenvalue weighted by Crippen LogP contribution is -2.60. The van der Waals surface area contributed by atoms with Gasteiger partial charge in [-0.2, -0.15) is 13.2 Å². The SMILES string of the molecule is CC(C)(C)N(C1CCCCC1)N1CCC(C(F)(F)F)CC1. The molecule has 2 fully saturated rings. The first kappa shape index (κ1) is 17.1. The van der Waals surface area contributed by atoms with Gasteiger partial charge in [-0.25, -0.2) is 10.0 Å². The Morgan fingerprint density at radius 1 is 0.857 bits per heavy atom. The van der Waals surface area contributed by atoms with Crippen LogP contribution >= 0.6 is 0 Å². The quantitative estimate of drug-likeness (QED) is 0.735. The van der Waals surface area contributed by atoms with Crippen molar-refractivity contribution in [3.05, 3.63) is 0 Å². The fourth-order valence-corrected chi connectivity index (χ4v) is 3.94. The molecule has 0 bridgehead atoms. The molecule has 2 nitrogen and oxygen atoms in total. The molecule has 124 valence electrons. The Kier molecular flexibility index (Phi) is 5.24. The summed E-state index contributed by atoms with van der Waals surface area (Å²) in [6.45, 7) is 7.61. The summed E-state index contributed by atoms with van der Waals surface area (Å²) in [6.07, 6.45) is 2.60. The Bertz CT molecular complexity index is 321. The van der Waals surface area contributed by atoms with Gasteiger partial charge in [0.2, 0.25) is 0 Å². The molecule has 2 aliphatic rings. The molecule has 1 aliphatic carbocycles. The number of nitrogens with zero attached hydrogens (tertiary/aromatic N) is 2. The van der Waals surface area contributed by atoms with Crippen LogP contribution in [0.15, 0.2) is 0 Å². The van der Waals surface area contributed by atoms with E-state index in [1.807, 2.05) is 0 Å². The van der Waals surface area contributed by atoms with Crippen molar-refractivity contribution in [2.24, 2.45) is 5.92 Å². The third-order valence-corrected chi connectivity index (χ3v) is 4.85. The summed E-state index contributed by atoms with van der Waals surface area (Å²) in [5.41, 5.74) is -0.0208. The van der Waals surface area contributed by atoms with Crippen LogP contribution in [0, 0.1) is 5.92 Å². The van der Waals surface area contributed by atoms with Crippen LogP contribution in [0.1, 0.15) is 65.7 Å². The van der Waals surface area contributed by atoms with Crippen LogP contribution < -0.4 is 0 Å². The molecule has 0 aromatic rings. The van der Waals surface area contributed by atoms with Crippen molar-refractivity contribution in [3.8, 4) is 0 Å². The number of hydrogen-bond donors (Lipinski definition) is 0. The molecule has 2 rings (SSSR count). The molecule has 1 heterocycles. The van der Waals surface area contributed by atoms with Crippen LogP contribution in [0.5, 0.6) is 0 Å². The van der Waals surface area contributed by atoms with Gasteiger partial charge >= 0.3 is 6.18 Å². The second kappa shape index (κ2) is 6.45. The summed E-state index contributed by atoms with van der Waals surface area (Å²) in [7, 11) is 0. The highest BCUT2D eigenvalue weighted by molar-refractivity contribution is 4.86. The van der Waals surface area contributed by atoms with Gasteiger partial charge in [0.05, 0.1) is 5.92 Å². The standard InChI is InChI=1S/C16H29F3N2/c1-15(2,3)21(14-7-5-4-6-8-14)20-11-9-13(10-12-20)16(17,18)19/h13-14H,4-12H2,1-3H3. The lowest BCUT2D eigenvalue weighted by molar-refractivity contribution is -0.206. The van der Waals surface area contributed by atoms with E-state index in [1.165, 1.54) is 32.1 Å². The van der Waals surface area contributed by atoms with Crippen molar-refractivity contribution in [1.82, 2.24) is 10.0 Å². The first-order chi connectivity index (χ1) is 9.69. The summed E-state index contributed by atoms with van der Waals surface area (Å²) in [4.78, 5) is 0. The maximum Gasteiger partial charge on any atom is 0.391 e. The fraction of sp³-hybridized carbons (Fsp3) is 1.00. The van der Waals surface area contributed by atoms with Crippen LogP contribution in [0.3, 0.4) is 0 Å². The number of alkyl halides is 3. The van der Waals surface area contributed by atoms with Crippen molar-refractivity contribution in [2.75, 3.05) is 13.1 Å². The Morgan fingerprint density at radius 3 is 1.81 bits per heavy atom. The lowest BCUT2D eigenvalue weighted by atomic mass is 9.91. The normalized spacial score (nSPS) is 24.7. The zero-order valence-electron chi connectivity index (χ0n) is 13.5. The molecule has 0 aromatic heterocycles. The first-order valence-electron chi connectivity index (χ1n) is 8.30. The van der Waals surface area contributed by atoms with E-state index in [9.17, 15) is 13.2 Å². The molecule has 1 saturated heterocycles. The highest BCUT2D eigenvalue weighted by atomic mass is 19.4. The molecule has 21 heavy (non-hydrogen) atoms. The molecule has 0 spiro atoms. The number of halogens is 3. The molecular weight excluding hydrogens is 277 g/mol. The Labute approximate surface area is 126 Å². The van der Waals surface area contributed by atoms with Crippen LogP contribution in [0.4, 0.5) is 13.2 Å². The zero-order chi connectivity index (χ0) is 15.7. The highest BCUT2D eigenvalue weighted by Crippen LogP contribution is 2.37. The second-order valence-corrected chi connectivity index (χ2v) is 7.58. The van der Waals surface area contributed by atoms with E-state index in [2.05, 4.69) is 30.8 Å². The summed E-state index contributed by atoms with van der Waals surface area (Å²) < 4.78 is 38.5. The highest BCUT2D eigenvalue weighted by Gasteiger charge is 2.43. The summed E-state index contributed by atoms with van der Waals surface area (Å²) in [5.74, 6) is -1.11. The van der Waals surface area contributed by atoms with Crippen LogP contribution in [-0.4, -0.2) is 40.9 Å². The van der Waals surface area contributed by atoms with Crippen molar-refractivity contribution in [2.45, 2.75) is 83.5 Å². The summed E-state index contributed by atoms with van der Waals surface area (Å²) in [5, 5.41) is 4.61. The molecule has 0 N–H and O–H groups in total. The minimum absolute atomic E-state index is 0.0208. The van der Waals surface area contributed by atoms with Gasteiger partial charge in [0, 0.05) is 24.7 Å². The van der Waals surface area contributed by atoms with E-state index in [0.29, 0.717) is 19.1 Å². The minimum Gasteiger partial charge on any atom is -0.241 e. The Balaban J connectivity index is 2.02. The smallest absolute Gasteiger partial charge is 0.241 e. The number of piperidine rings is 1. The molecule has 1 saturated carbocycles. The van der Waals surface area contributed by atoms with Gasteiger partial charge < -0.3 is 0 Å².